The number of nitrogens with one attached hydrogen (secondary N) is 1. The van der Waals surface area contributed by atoms with Crippen molar-refractivity contribution in [3.05, 3.63) is 24.2 Å². The monoisotopic (exact) mass is 213 g/mol. The number of hydrogen-bond donors (Lipinski definition) is 2. The number of rotatable bonds is 6. The van der Waals surface area contributed by atoms with Gasteiger partial charge in [0.15, 0.2) is 0 Å². The normalized spacial score (nSPS) is 17.3. The van der Waals surface area contributed by atoms with E-state index >= 15 is 0 Å². The molecule has 3 unspecified atom stereocenters. The minimum Gasteiger partial charge on any atom is -0.468 e. The Kier molecular flexibility index (Phi) is 4.81. The summed E-state index contributed by atoms with van der Waals surface area (Å²) in [5, 5.41) is 12.5. The molecule has 4 heteroatoms. The molecule has 86 valence electrons. The van der Waals surface area contributed by atoms with Gasteiger partial charge in [-0.1, -0.05) is 0 Å². The second-order valence-corrected chi connectivity index (χ2v) is 3.65. The van der Waals surface area contributed by atoms with E-state index in [-0.39, 0.29) is 24.8 Å². The number of ether oxygens (including phenoxy) is 1. The lowest BCUT2D eigenvalue weighted by Gasteiger charge is -2.24. The summed E-state index contributed by atoms with van der Waals surface area (Å²) in [7, 11) is 1.67. The number of hydrogen-bond acceptors (Lipinski definition) is 4. The van der Waals surface area contributed by atoms with Gasteiger partial charge in [-0.25, -0.2) is 0 Å². The first-order valence-electron chi connectivity index (χ1n) is 5.12. The predicted molar refractivity (Wildman–Crippen MR) is 57.6 cm³/mol. The van der Waals surface area contributed by atoms with Crippen molar-refractivity contribution in [2.24, 2.45) is 0 Å². The van der Waals surface area contributed by atoms with E-state index in [0.717, 1.165) is 5.76 Å². The lowest BCUT2D eigenvalue weighted by Crippen LogP contribution is -2.40. The first-order chi connectivity index (χ1) is 7.19. The number of aliphatic hydroxyl groups is 1. The van der Waals surface area contributed by atoms with Crippen LogP contribution in [0.4, 0.5) is 0 Å². The maximum Gasteiger partial charge on any atom is 0.123 e. The highest BCUT2D eigenvalue weighted by Gasteiger charge is 2.19. The standard InChI is InChI=1S/C11H19NO3/c1-8(9(2)14-3)12-10(7-13)11-5-4-6-15-11/h4-6,8-10,12-13H,7H2,1-3H3. The Morgan fingerprint density at radius 3 is 2.73 bits per heavy atom. The highest BCUT2D eigenvalue weighted by atomic mass is 16.5. The summed E-state index contributed by atoms with van der Waals surface area (Å²) in [4.78, 5) is 0. The fourth-order valence-electron chi connectivity index (χ4n) is 1.37. The Bertz CT molecular complexity index is 261. The average molecular weight is 213 g/mol. The van der Waals surface area contributed by atoms with Gasteiger partial charge in [0.1, 0.15) is 5.76 Å². The topological polar surface area (TPSA) is 54.6 Å². The number of aliphatic hydroxyl groups excluding tert-OH is 1. The summed E-state index contributed by atoms with van der Waals surface area (Å²) < 4.78 is 10.4. The third kappa shape index (κ3) is 3.34. The molecule has 1 aromatic heterocycles. The molecule has 0 aromatic carbocycles. The van der Waals surface area contributed by atoms with Gasteiger partial charge < -0.3 is 19.6 Å². The van der Waals surface area contributed by atoms with Gasteiger partial charge in [-0.3, -0.25) is 0 Å². The number of methoxy groups -OCH3 is 1. The first-order valence-corrected chi connectivity index (χ1v) is 5.12. The third-order valence-electron chi connectivity index (χ3n) is 2.61. The smallest absolute Gasteiger partial charge is 0.123 e. The van der Waals surface area contributed by atoms with Gasteiger partial charge >= 0.3 is 0 Å². The molecule has 0 radical (unpaired) electrons. The van der Waals surface area contributed by atoms with Crippen molar-refractivity contribution < 1.29 is 14.3 Å². The lowest BCUT2D eigenvalue weighted by atomic mass is 10.1. The molecular formula is C11H19NO3. The summed E-state index contributed by atoms with van der Waals surface area (Å²) in [6, 6.07) is 3.63. The molecule has 0 aliphatic rings. The zero-order valence-corrected chi connectivity index (χ0v) is 9.43. The minimum atomic E-state index is -0.174. The van der Waals surface area contributed by atoms with Crippen LogP contribution in [0.5, 0.6) is 0 Å². The molecule has 0 amide bonds. The maximum absolute atomic E-state index is 9.24. The lowest BCUT2D eigenvalue weighted by molar-refractivity contribution is 0.0777. The van der Waals surface area contributed by atoms with E-state index in [1.807, 2.05) is 26.0 Å². The molecule has 15 heavy (non-hydrogen) atoms. The molecule has 4 nitrogen and oxygen atoms in total. The van der Waals surface area contributed by atoms with Crippen molar-refractivity contribution in [3.63, 3.8) is 0 Å². The summed E-state index contributed by atoms with van der Waals surface area (Å²) in [6.07, 6.45) is 1.69. The van der Waals surface area contributed by atoms with E-state index < -0.39 is 0 Å². The molecule has 3 atom stereocenters. The SMILES string of the molecule is COC(C)C(C)NC(CO)c1ccco1. The van der Waals surface area contributed by atoms with Gasteiger partial charge in [-0.05, 0) is 26.0 Å². The van der Waals surface area contributed by atoms with E-state index in [4.69, 9.17) is 9.15 Å². The maximum atomic E-state index is 9.24. The van der Waals surface area contributed by atoms with Crippen LogP contribution >= 0.6 is 0 Å². The van der Waals surface area contributed by atoms with Crippen LogP contribution in [0.25, 0.3) is 0 Å². The molecule has 1 aromatic rings. The van der Waals surface area contributed by atoms with Crippen LogP contribution in [-0.2, 0) is 4.74 Å². The molecular weight excluding hydrogens is 194 g/mol. The Hall–Kier alpha value is -0.840. The molecule has 0 aliphatic heterocycles. The highest BCUT2D eigenvalue weighted by molar-refractivity contribution is 5.04. The van der Waals surface area contributed by atoms with Crippen molar-refractivity contribution in [2.45, 2.75) is 32.0 Å². The fourth-order valence-corrected chi connectivity index (χ4v) is 1.37. The minimum absolute atomic E-state index is 0.00822. The van der Waals surface area contributed by atoms with Crippen molar-refractivity contribution in [1.82, 2.24) is 5.32 Å². The Labute approximate surface area is 90.2 Å². The summed E-state index contributed by atoms with van der Waals surface area (Å²) in [5.41, 5.74) is 0. The zero-order chi connectivity index (χ0) is 11.3. The van der Waals surface area contributed by atoms with Gasteiger partial charge in [-0.15, -0.1) is 0 Å². The van der Waals surface area contributed by atoms with Gasteiger partial charge in [-0.2, -0.15) is 0 Å². The summed E-state index contributed by atoms with van der Waals surface area (Å²) in [5.74, 6) is 0.743. The largest absolute Gasteiger partial charge is 0.468 e. The van der Waals surface area contributed by atoms with E-state index in [9.17, 15) is 5.11 Å². The van der Waals surface area contributed by atoms with Gasteiger partial charge in [0.25, 0.3) is 0 Å². The van der Waals surface area contributed by atoms with Crippen LogP contribution < -0.4 is 5.32 Å². The average Bonchev–Trinajstić information content (AvgIpc) is 2.77. The van der Waals surface area contributed by atoms with Crippen molar-refractivity contribution in [2.75, 3.05) is 13.7 Å². The Morgan fingerprint density at radius 1 is 1.53 bits per heavy atom. The second kappa shape index (κ2) is 5.90. The molecule has 0 fully saturated rings. The molecule has 0 aliphatic carbocycles. The van der Waals surface area contributed by atoms with Crippen LogP contribution in [0.1, 0.15) is 25.6 Å². The highest BCUT2D eigenvalue weighted by Crippen LogP contribution is 2.14. The van der Waals surface area contributed by atoms with Crippen LogP contribution in [0.2, 0.25) is 0 Å². The molecule has 0 spiro atoms. The summed E-state index contributed by atoms with van der Waals surface area (Å²) in [6.45, 7) is 4.00. The zero-order valence-electron chi connectivity index (χ0n) is 9.43. The van der Waals surface area contributed by atoms with E-state index in [1.54, 1.807) is 13.4 Å². The molecule has 0 bridgehead atoms. The fraction of sp³-hybridized carbons (Fsp3) is 0.636. The molecule has 1 heterocycles. The van der Waals surface area contributed by atoms with Crippen molar-refractivity contribution in [1.29, 1.82) is 0 Å². The van der Waals surface area contributed by atoms with Crippen molar-refractivity contribution >= 4 is 0 Å². The van der Waals surface area contributed by atoms with Crippen LogP contribution in [-0.4, -0.2) is 31.0 Å². The van der Waals surface area contributed by atoms with Gasteiger partial charge in [0.2, 0.25) is 0 Å². The predicted octanol–water partition coefficient (Wildman–Crippen LogP) is 1.33. The van der Waals surface area contributed by atoms with E-state index in [1.165, 1.54) is 0 Å². The van der Waals surface area contributed by atoms with Crippen LogP contribution in [0.3, 0.4) is 0 Å². The van der Waals surface area contributed by atoms with Crippen LogP contribution in [0.15, 0.2) is 22.8 Å². The summed E-state index contributed by atoms with van der Waals surface area (Å²) >= 11 is 0. The molecule has 0 saturated carbocycles. The molecule has 0 saturated heterocycles. The van der Waals surface area contributed by atoms with E-state index in [2.05, 4.69) is 5.32 Å². The van der Waals surface area contributed by atoms with Crippen LogP contribution in [0, 0.1) is 0 Å². The number of furan rings is 1. The van der Waals surface area contributed by atoms with E-state index in [0.29, 0.717) is 0 Å². The Morgan fingerprint density at radius 2 is 2.27 bits per heavy atom. The van der Waals surface area contributed by atoms with Crippen molar-refractivity contribution in [3.8, 4) is 0 Å². The second-order valence-electron chi connectivity index (χ2n) is 3.65. The first kappa shape index (κ1) is 12.2. The van der Waals surface area contributed by atoms with Gasteiger partial charge in [0.05, 0.1) is 25.0 Å². The molecule has 2 N–H and O–H groups in total. The quantitative estimate of drug-likeness (QED) is 0.748. The molecule has 1 rings (SSSR count). The Balaban J connectivity index is 2.54. The third-order valence-corrected chi connectivity index (χ3v) is 2.61. The van der Waals surface area contributed by atoms with Gasteiger partial charge in [0, 0.05) is 13.2 Å².